The molecule has 0 saturated carbocycles. The van der Waals surface area contributed by atoms with E-state index in [4.69, 9.17) is 0 Å². The number of hydrogen-bond donors (Lipinski definition) is 1. The van der Waals surface area contributed by atoms with Gasteiger partial charge in [-0.2, -0.15) is 13.2 Å². The van der Waals surface area contributed by atoms with Crippen LogP contribution in [-0.2, 0) is 40.6 Å². The molecule has 1 N–H and O–H groups in total. The van der Waals surface area contributed by atoms with Crippen molar-refractivity contribution in [3.63, 3.8) is 0 Å². The van der Waals surface area contributed by atoms with Gasteiger partial charge in [-0.3, -0.25) is 9.29 Å². The molecule has 31 heavy (non-hydrogen) atoms. The third-order valence-electron chi connectivity index (χ3n) is 5.02. The fraction of sp³-hybridized carbons (Fsp3) is 0.316. The molecular formula is C19H19F3N2O4S3. The summed E-state index contributed by atoms with van der Waals surface area (Å²) in [6.07, 6.45) is -2.77. The van der Waals surface area contributed by atoms with Gasteiger partial charge in [-0.05, 0) is 41.0 Å². The van der Waals surface area contributed by atoms with E-state index >= 15 is 0 Å². The van der Waals surface area contributed by atoms with Crippen LogP contribution in [0.2, 0.25) is 0 Å². The third kappa shape index (κ3) is 3.92. The highest BCUT2D eigenvalue weighted by Crippen LogP contribution is 2.49. The Labute approximate surface area is 183 Å². The summed E-state index contributed by atoms with van der Waals surface area (Å²) >= 11 is 0. The molecule has 1 aromatic heterocycles. The number of aliphatic hydroxyl groups is 1. The van der Waals surface area contributed by atoms with Crippen LogP contribution in [0.1, 0.15) is 36.2 Å². The van der Waals surface area contributed by atoms with E-state index in [1.807, 2.05) is 0 Å². The molecule has 0 aliphatic carbocycles. The Kier molecular flexibility index (Phi) is 5.87. The summed E-state index contributed by atoms with van der Waals surface area (Å²) in [5.41, 5.74) is -1.66. The molecule has 2 heterocycles. The van der Waals surface area contributed by atoms with Gasteiger partial charge in [-0.25, -0.2) is 12.6 Å². The first-order valence-electron chi connectivity index (χ1n) is 8.81. The SMILES string of the molecule is CN(c1cccc(C2=C(O)c3ncccc3C(C)(C)S2=S=O)c1C(F)(F)F)S(C)(=O)=O. The number of aromatic nitrogens is 1. The van der Waals surface area contributed by atoms with Gasteiger partial charge in [0.05, 0.1) is 22.4 Å². The van der Waals surface area contributed by atoms with Crippen LogP contribution in [0.25, 0.3) is 10.7 Å². The molecule has 168 valence electrons. The quantitative estimate of drug-likeness (QED) is 0.703. The molecule has 0 fully saturated rings. The molecular weight excluding hydrogens is 473 g/mol. The molecule has 1 unspecified atom stereocenters. The average molecular weight is 493 g/mol. The normalized spacial score (nSPS) is 18.5. The Bertz CT molecular complexity index is 1260. The topological polar surface area (TPSA) is 87.6 Å². The number of rotatable bonds is 3. The van der Waals surface area contributed by atoms with Gasteiger partial charge in [0.15, 0.2) is 5.76 Å². The van der Waals surface area contributed by atoms with E-state index in [1.165, 1.54) is 12.3 Å². The monoisotopic (exact) mass is 492 g/mol. The molecule has 1 aliphatic heterocycles. The molecule has 0 saturated heterocycles. The lowest BCUT2D eigenvalue weighted by atomic mass is 9.96. The predicted octanol–water partition coefficient (Wildman–Crippen LogP) is 3.88. The van der Waals surface area contributed by atoms with Crippen LogP contribution < -0.4 is 4.31 Å². The number of anilines is 1. The number of alkyl halides is 3. The maximum Gasteiger partial charge on any atom is 0.419 e. The van der Waals surface area contributed by atoms with Crippen LogP contribution in [0.15, 0.2) is 36.5 Å². The van der Waals surface area contributed by atoms with Gasteiger partial charge in [0.1, 0.15) is 15.9 Å². The van der Waals surface area contributed by atoms with Crippen LogP contribution in [-0.4, -0.2) is 36.0 Å². The highest BCUT2D eigenvalue weighted by Gasteiger charge is 2.44. The molecule has 3 rings (SSSR count). The van der Waals surface area contributed by atoms with Crippen molar-refractivity contribution in [3.8, 4) is 0 Å². The predicted molar refractivity (Wildman–Crippen MR) is 117 cm³/mol. The zero-order valence-corrected chi connectivity index (χ0v) is 19.3. The Balaban J connectivity index is 2.49. The van der Waals surface area contributed by atoms with Gasteiger partial charge >= 0.3 is 6.18 Å². The van der Waals surface area contributed by atoms with E-state index in [-0.39, 0.29) is 20.8 Å². The molecule has 0 bridgehead atoms. The van der Waals surface area contributed by atoms with E-state index < -0.39 is 53.0 Å². The van der Waals surface area contributed by atoms with Crippen molar-refractivity contribution in [1.82, 2.24) is 4.98 Å². The lowest BCUT2D eigenvalue weighted by Crippen LogP contribution is -2.32. The smallest absolute Gasteiger partial charge is 0.419 e. The number of benzene rings is 1. The number of halogens is 3. The van der Waals surface area contributed by atoms with Gasteiger partial charge in [-0.15, -0.1) is 0 Å². The minimum absolute atomic E-state index is 0.0929. The Morgan fingerprint density at radius 1 is 1.19 bits per heavy atom. The zero-order chi connectivity index (χ0) is 23.4. The lowest BCUT2D eigenvalue weighted by Gasteiger charge is -2.35. The summed E-state index contributed by atoms with van der Waals surface area (Å²) in [5, 5.41) is 11.0. The Hall–Kier alpha value is -2.18. The summed E-state index contributed by atoms with van der Waals surface area (Å²) in [6, 6.07) is 6.73. The summed E-state index contributed by atoms with van der Waals surface area (Å²) in [7, 11) is -4.35. The van der Waals surface area contributed by atoms with Crippen LogP contribution in [0.5, 0.6) is 0 Å². The van der Waals surface area contributed by atoms with E-state index in [0.717, 1.165) is 25.4 Å². The second-order valence-electron chi connectivity index (χ2n) is 7.35. The lowest BCUT2D eigenvalue weighted by molar-refractivity contribution is -0.137. The van der Waals surface area contributed by atoms with Crippen molar-refractivity contribution in [2.75, 3.05) is 17.6 Å². The number of sulfonamides is 1. The number of aliphatic hydroxyl groups excluding tert-OH is 1. The average Bonchev–Trinajstić information content (AvgIpc) is 2.68. The fourth-order valence-electron chi connectivity index (χ4n) is 3.45. The van der Waals surface area contributed by atoms with Crippen LogP contribution in [0, 0.1) is 0 Å². The van der Waals surface area contributed by atoms with Gasteiger partial charge in [0.25, 0.3) is 0 Å². The minimum Gasteiger partial charge on any atom is -0.505 e. The van der Waals surface area contributed by atoms with Crippen molar-refractivity contribution in [2.24, 2.45) is 0 Å². The molecule has 1 aliphatic rings. The molecule has 1 atom stereocenters. The minimum atomic E-state index is -4.96. The number of pyridine rings is 1. The highest BCUT2D eigenvalue weighted by molar-refractivity contribution is 8.36. The van der Waals surface area contributed by atoms with E-state index in [1.54, 1.807) is 26.0 Å². The summed E-state index contributed by atoms with van der Waals surface area (Å²) in [4.78, 5) is 3.93. The molecule has 2 aromatic rings. The van der Waals surface area contributed by atoms with Gasteiger partial charge in [-0.1, -0.05) is 18.2 Å². The first kappa shape index (κ1) is 23.5. The molecule has 0 spiro atoms. The maximum atomic E-state index is 14.2. The van der Waals surface area contributed by atoms with Gasteiger partial charge in [0, 0.05) is 23.6 Å². The van der Waals surface area contributed by atoms with Crippen LogP contribution >= 0.6 is 0 Å². The largest absolute Gasteiger partial charge is 0.505 e. The molecule has 1 aromatic carbocycles. The Morgan fingerprint density at radius 3 is 2.39 bits per heavy atom. The Morgan fingerprint density at radius 2 is 1.84 bits per heavy atom. The second kappa shape index (κ2) is 7.75. The maximum absolute atomic E-state index is 14.2. The second-order valence-corrected chi connectivity index (χ2v) is 12.9. The van der Waals surface area contributed by atoms with Crippen molar-refractivity contribution in [1.29, 1.82) is 0 Å². The molecule has 0 radical (unpaired) electrons. The van der Waals surface area contributed by atoms with Crippen molar-refractivity contribution in [3.05, 3.63) is 58.9 Å². The van der Waals surface area contributed by atoms with E-state index in [2.05, 4.69) is 4.98 Å². The fourth-order valence-corrected chi connectivity index (χ4v) is 7.20. The standard InChI is InChI=1S/C19H19F3N2O4S3/c1-18(2)12-8-6-10-23-15(12)16(25)17(30(18)29-26)11-7-5-9-13(14(11)19(20,21)22)24(3)31(4,27)28/h5-10,25H,1-4H3. The van der Waals surface area contributed by atoms with Crippen molar-refractivity contribution in [2.45, 2.75) is 24.8 Å². The third-order valence-corrected chi connectivity index (χ3v) is 10.4. The summed E-state index contributed by atoms with van der Waals surface area (Å²) in [5.74, 6) is -0.522. The first-order chi connectivity index (χ1) is 14.2. The molecule has 6 nitrogen and oxygen atoms in total. The van der Waals surface area contributed by atoms with Gasteiger partial charge in [0.2, 0.25) is 10.0 Å². The van der Waals surface area contributed by atoms with E-state index in [9.17, 15) is 30.9 Å². The van der Waals surface area contributed by atoms with Crippen molar-refractivity contribution >= 4 is 46.1 Å². The summed E-state index contributed by atoms with van der Waals surface area (Å²) < 4.78 is 78.4. The number of fused-ring (bicyclic) bond motifs is 1. The highest BCUT2D eigenvalue weighted by atomic mass is 32.8. The molecule has 12 heteroatoms. The number of nitrogens with zero attached hydrogens (tertiary/aromatic N) is 2. The summed E-state index contributed by atoms with van der Waals surface area (Å²) in [6.45, 7) is 3.40. The van der Waals surface area contributed by atoms with E-state index in [0.29, 0.717) is 9.87 Å². The number of hydrogen-bond acceptors (Lipinski definition) is 5. The van der Waals surface area contributed by atoms with Crippen molar-refractivity contribution < 1.29 is 30.9 Å². The zero-order valence-electron chi connectivity index (χ0n) is 16.9. The molecule has 0 amide bonds. The first-order valence-corrected chi connectivity index (χ1v) is 13.1. The van der Waals surface area contributed by atoms with Crippen LogP contribution in [0.3, 0.4) is 0 Å². The van der Waals surface area contributed by atoms with Crippen LogP contribution in [0.4, 0.5) is 18.9 Å². The van der Waals surface area contributed by atoms with Gasteiger partial charge < -0.3 is 5.11 Å².